The van der Waals surface area contributed by atoms with Gasteiger partial charge in [0.15, 0.2) is 0 Å². The predicted molar refractivity (Wildman–Crippen MR) is 90.6 cm³/mol. The van der Waals surface area contributed by atoms with Gasteiger partial charge in [-0.25, -0.2) is 0 Å². The number of nitrogen functional groups attached to an aromatic ring is 2. The van der Waals surface area contributed by atoms with E-state index in [4.69, 9.17) is 11.5 Å². The molecule has 26 heavy (non-hydrogen) atoms. The molecule has 0 radical (unpaired) electrons. The molecule has 0 amide bonds. The zero-order chi connectivity index (χ0) is 18.7. The molecule has 4 N–H and O–H groups in total. The van der Waals surface area contributed by atoms with Crippen LogP contribution in [0.15, 0.2) is 24.3 Å². The maximum absolute atomic E-state index is 12.6. The van der Waals surface area contributed by atoms with Gasteiger partial charge in [0, 0.05) is 32.7 Å². The highest BCUT2D eigenvalue weighted by Gasteiger charge is 2.30. The number of alkyl halides is 3. The van der Waals surface area contributed by atoms with E-state index in [1.54, 1.807) is 0 Å². The summed E-state index contributed by atoms with van der Waals surface area (Å²) in [5.41, 5.74) is 11.4. The largest absolute Gasteiger partial charge is 0.416 e. The summed E-state index contributed by atoms with van der Waals surface area (Å²) in [6.45, 7) is 4.36. The van der Waals surface area contributed by atoms with Crippen molar-refractivity contribution in [2.45, 2.75) is 19.3 Å². The fourth-order valence-electron chi connectivity index (χ4n) is 2.89. The van der Waals surface area contributed by atoms with Crippen LogP contribution in [0.3, 0.4) is 0 Å². The minimum Gasteiger partial charge on any atom is -0.368 e. The average molecular weight is 367 g/mol. The van der Waals surface area contributed by atoms with Gasteiger partial charge in [0.25, 0.3) is 0 Å². The maximum Gasteiger partial charge on any atom is 0.416 e. The Morgan fingerprint density at radius 3 is 1.81 bits per heavy atom. The van der Waals surface area contributed by atoms with Crippen LogP contribution in [0.4, 0.5) is 25.1 Å². The first-order valence-electron chi connectivity index (χ1n) is 8.16. The smallest absolute Gasteiger partial charge is 0.368 e. The van der Waals surface area contributed by atoms with Gasteiger partial charge in [-0.3, -0.25) is 9.80 Å². The van der Waals surface area contributed by atoms with Crippen molar-refractivity contribution in [1.29, 1.82) is 0 Å². The second-order valence-electron chi connectivity index (χ2n) is 6.22. The molecule has 0 atom stereocenters. The predicted octanol–water partition coefficient (Wildman–Crippen LogP) is 1.37. The quantitative estimate of drug-likeness (QED) is 0.842. The van der Waals surface area contributed by atoms with Crippen molar-refractivity contribution in [3.05, 3.63) is 41.2 Å². The number of aromatic nitrogens is 3. The van der Waals surface area contributed by atoms with Gasteiger partial charge in [-0.05, 0) is 17.7 Å². The van der Waals surface area contributed by atoms with Crippen LogP contribution in [-0.4, -0.2) is 50.9 Å². The summed E-state index contributed by atoms with van der Waals surface area (Å²) in [6.07, 6.45) is -4.30. The first kappa shape index (κ1) is 18.3. The molecule has 2 heterocycles. The van der Waals surface area contributed by atoms with Crippen LogP contribution in [0.1, 0.15) is 17.0 Å². The first-order chi connectivity index (χ1) is 12.3. The fourth-order valence-corrected chi connectivity index (χ4v) is 2.89. The number of anilines is 2. The molecule has 7 nitrogen and oxygen atoms in total. The second-order valence-corrected chi connectivity index (χ2v) is 6.22. The van der Waals surface area contributed by atoms with E-state index in [1.165, 1.54) is 12.1 Å². The van der Waals surface area contributed by atoms with E-state index in [0.717, 1.165) is 43.9 Å². The number of nitrogens with zero attached hydrogens (tertiary/aromatic N) is 5. The summed E-state index contributed by atoms with van der Waals surface area (Å²) < 4.78 is 37.8. The highest BCUT2D eigenvalue weighted by atomic mass is 19.4. The number of rotatable bonds is 4. The molecule has 1 aromatic heterocycles. The summed E-state index contributed by atoms with van der Waals surface area (Å²) in [5.74, 6) is 0.744. The lowest BCUT2D eigenvalue weighted by Gasteiger charge is -2.34. The molecule has 1 aromatic carbocycles. The lowest BCUT2D eigenvalue weighted by Crippen LogP contribution is -2.45. The fraction of sp³-hybridized carbons (Fsp3) is 0.438. The Morgan fingerprint density at radius 2 is 1.31 bits per heavy atom. The van der Waals surface area contributed by atoms with Crippen LogP contribution >= 0.6 is 0 Å². The van der Waals surface area contributed by atoms with Crippen molar-refractivity contribution >= 4 is 11.9 Å². The molecule has 0 saturated carbocycles. The molecular weight excluding hydrogens is 347 g/mol. The van der Waals surface area contributed by atoms with Gasteiger partial charge in [0.05, 0.1) is 12.1 Å². The normalized spacial score (nSPS) is 16.7. The van der Waals surface area contributed by atoms with E-state index >= 15 is 0 Å². The summed E-state index contributed by atoms with van der Waals surface area (Å²) in [6, 6.07) is 5.32. The van der Waals surface area contributed by atoms with Crippen LogP contribution in [0, 0.1) is 0 Å². The molecule has 0 bridgehead atoms. The van der Waals surface area contributed by atoms with Crippen molar-refractivity contribution in [1.82, 2.24) is 24.8 Å². The maximum atomic E-state index is 12.6. The Kier molecular flexibility index (Phi) is 5.23. The molecule has 3 rings (SSSR count). The summed E-state index contributed by atoms with van der Waals surface area (Å²) >= 11 is 0. The minimum absolute atomic E-state index is 0.105. The van der Waals surface area contributed by atoms with E-state index < -0.39 is 11.7 Å². The molecule has 0 spiro atoms. The zero-order valence-corrected chi connectivity index (χ0v) is 14.1. The monoisotopic (exact) mass is 367 g/mol. The van der Waals surface area contributed by atoms with Crippen molar-refractivity contribution in [3.63, 3.8) is 0 Å². The standard InChI is InChI=1S/C16H20F3N7/c17-16(18,19)12-3-1-11(2-4-12)9-25-5-7-26(8-6-25)10-13-22-14(20)24-15(21)23-13/h1-4H,5-10H2,(H4,20,21,22,23,24). The number of halogens is 3. The SMILES string of the molecule is Nc1nc(N)nc(CN2CCN(Cc3ccc(C(F)(F)F)cc3)CC2)n1. The number of hydrogen-bond acceptors (Lipinski definition) is 7. The Bertz CT molecular complexity index is 720. The molecule has 10 heteroatoms. The van der Waals surface area contributed by atoms with E-state index in [-0.39, 0.29) is 11.9 Å². The molecule has 140 valence electrons. The van der Waals surface area contributed by atoms with Gasteiger partial charge in [0.2, 0.25) is 11.9 Å². The molecule has 1 aliphatic heterocycles. The Morgan fingerprint density at radius 1 is 0.808 bits per heavy atom. The second kappa shape index (κ2) is 7.42. The van der Waals surface area contributed by atoms with Crippen molar-refractivity contribution < 1.29 is 13.2 Å². The van der Waals surface area contributed by atoms with Gasteiger partial charge < -0.3 is 11.5 Å². The lowest BCUT2D eigenvalue weighted by atomic mass is 10.1. The number of nitrogens with two attached hydrogens (primary N) is 2. The average Bonchev–Trinajstić information content (AvgIpc) is 2.55. The van der Waals surface area contributed by atoms with Gasteiger partial charge in [-0.1, -0.05) is 12.1 Å². The summed E-state index contributed by atoms with van der Waals surface area (Å²) in [7, 11) is 0. The van der Waals surface area contributed by atoms with Crippen LogP contribution in [0.5, 0.6) is 0 Å². The van der Waals surface area contributed by atoms with Crippen molar-refractivity contribution in [3.8, 4) is 0 Å². The van der Waals surface area contributed by atoms with Gasteiger partial charge in [0.1, 0.15) is 5.82 Å². The highest BCUT2D eigenvalue weighted by molar-refractivity contribution is 5.26. The van der Waals surface area contributed by atoms with E-state index in [9.17, 15) is 13.2 Å². The third kappa shape index (κ3) is 4.79. The third-order valence-corrected chi connectivity index (χ3v) is 4.23. The highest BCUT2D eigenvalue weighted by Crippen LogP contribution is 2.29. The molecule has 1 fully saturated rings. The zero-order valence-electron chi connectivity index (χ0n) is 14.1. The molecule has 1 saturated heterocycles. The van der Waals surface area contributed by atoms with Gasteiger partial charge in [-0.15, -0.1) is 0 Å². The Balaban J connectivity index is 1.50. The number of piperazine rings is 1. The van der Waals surface area contributed by atoms with E-state index in [2.05, 4.69) is 24.8 Å². The molecule has 2 aromatic rings. The van der Waals surface area contributed by atoms with Crippen LogP contribution in [0.25, 0.3) is 0 Å². The van der Waals surface area contributed by atoms with Crippen molar-refractivity contribution in [2.24, 2.45) is 0 Å². The van der Waals surface area contributed by atoms with Crippen LogP contribution in [0.2, 0.25) is 0 Å². The van der Waals surface area contributed by atoms with E-state index in [0.29, 0.717) is 18.9 Å². The molecule has 1 aliphatic rings. The molecule has 0 aliphatic carbocycles. The topological polar surface area (TPSA) is 97.2 Å². The number of benzene rings is 1. The molecular formula is C16H20F3N7. The summed E-state index contributed by atoms with van der Waals surface area (Å²) in [5, 5.41) is 0. The van der Waals surface area contributed by atoms with Gasteiger partial charge >= 0.3 is 6.18 Å². The number of hydrogen-bond donors (Lipinski definition) is 2. The van der Waals surface area contributed by atoms with Gasteiger partial charge in [-0.2, -0.15) is 28.1 Å². The minimum atomic E-state index is -4.30. The van der Waals surface area contributed by atoms with Crippen molar-refractivity contribution in [2.75, 3.05) is 37.6 Å². The lowest BCUT2D eigenvalue weighted by molar-refractivity contribution is -0.137. The Hall–Kier alpha value is -2.46. The Labute approximate surface area is 148 Å². The van der Waals surface area contributed by atoms with Crippen LogP contribution < -0.4 is 11.5 Å². The molecule has 0 unspecified atom stereocenters. The van der Waals surface area contributed by atoms with E-state index in [1.807, 2.05) is 0 Å². The summed E-state index contributed by atoms with van der Waals surface area (Å²) in [4.78, 5) is 16.3. The van der Waals surface area contributed by atoms with Crippen LogP contribution in [-0.2, 0) is 19.3 Å². The third-order valence-electron chi connectivity index (χ3n) is 4.23. The first-order valence-corrected chi connectivity index (χ1v) is 8.16.